The smallest absolute Gasteiger partial charge is 0.180 e. The van der Waals surface area contributed by atoms with Crippen molar-refractivity contribution >= 4 is 21.2 Å². The Kier molecular flexibility index (Phi) is 4.97. The topological polar surface area (TPSA) is 76.5 Å². The zero-order valence-electron chi connectivity index (χ0n) is 13.2. The Morgan fingerprint density at radius 3 is 2.59 bits per heavy atom. The Labute approximate surface area is 131 Å². The number of nitrogens with one attached hydrogen (secondary N) is 1. The monoisotopic (exact) mass is 320 g/mol. The molecule has 7 heteroatoms. The molecule has 0 saturated heterocycles. The molecule has 22 heavy (non-hydrogen) atoms. The molecular weight excluding hydrogens is 300 g/mol. The van der Waals surface area contributed by atoms with Crippen molar-refractivity contribution in [2.45, 2.75) is 6.92 Å². The van der Waals surface area contributed by atoms with Crippen LogP contribution in [0.25, 0.3) is 11.3 Å². The van der Waals surface area contributed by atoms with E-state index in [1.54, 1.807) is 25.8 Å². The van der Waals surface area contributed by atoms with Gasteiger partial charge in [0, 0.05) is 34.3 Å². The zero-order chi connectivity index (χ0) is 16.2. The first-order valence-electron chi connectivity index (χ1n) is 6.85. The molecule has 0 aliphatic rings. The van der Waals surface area contributed by atoms with Crippen LogP contribution in [0.3, 0.4) is 0 Å². The van der Waals surface area contributed by atoms with Crippen LogP contribution in [0.2, 0.25) is 0 Å². The molecule has 0 amide bonds. The first-order valence-corrected chi connectivity index (χ1v) is 9.18. The standard InChI is InChI=1S/C15H20N4O2S/c1-5-16-12-8-6-7-11(15(12)21-2)13-9-18-14(10-17-13)19-22(3,4)20/h6-10,16H,5H2,1-4H3. The predicted octanol–water partition coefficient (Wildman–Crippen LogP) is 2.94. The molecule has 0 saturated carbocycles. The van der Waals surface area contributed by atoms with Crippen molar-refractivity contribution in [1.29, 1.82) is 0 Å². The van der Waals surface area contributed by atoms with Gasteiger partial charge < -0.3 is 10.1 Å². The van der Waals surface area contributed by atoms with E-state index < -0.39 is 9.73 Å². The van der Waals surface area contributed by atoms with Gasteiger partial charge in [0.25, 0.3) is 0 Å². The predicted molar refractivity (Wildman–Crippen MR) is 90.3 cm³/mol. The molecule has 1 aromatic heterocycles. The molecule has 1 N–H and O–H groups in total. The van der Waals surface area contributed by atoms with Gasteiger partial charge in [0.05, 0.1) is 30.9 Å². The second kappa shape index (κ2) is 6.74. The van der Waals surface area contributed by atoms with E-state index in [0.29, 0.717) is 11.5 Å². The van der Waals surface area contributed by atoms with Crippen LogP contribution in [0.15, 0.2) is 35.0 Å². The molecule has 1 heterocycles. The van der Waals surface area contributed by atoms with Crippen molar-refractivity contribution in [3.63, 3.8) is 0 Å². The summed E-state index contributed by atoms with van der Waals surface area (Å²) in [7, 11) is -0.619. The number of para-hydroxylation sites is 1. The third kappa shape index (κ3) is 3.94. The van der Waals surface area contributed by atoms with E-state index in [-0.39, 0.29) is 0 Å². The number of hydrogen-bond donors (Lipinski definition) is 1. The quantitative estimate of drug-likeness (QED) is 0.916. The summed E-state index contributed by atoms with van der Waals surface area (Å²) in [5, 5.41) is 3.25. The molecular formula is C15H20N4O2S. The van der Waals surface area contributed by atoms with Crippen molar-refractivity contribution in [3.8, 4) is 17.0 Å². The molecule has 0 bridgehead atoms. The highest BCUT2D eigenvalue weighted by Gasteiger charge is 2.12. The van der Waals surface area contributed by atoms with Gasteiger partial charge in [0.2, 0.25) is 0 Å². The summed E-state index contributed by atoms with van der Waals surface area (Å²) in [4.78, 5) is 8.56. The number of hydrogen-bond acceptors (Lipinski definition) is 6. The lowest BCUT2D eigenvalue weighted by atomic mass is 10.1. The average Bonchev–Trinajstić information content (AvgIpc) is 2.46. The average molecular weight is 320 g/mol. The molecule has 0 atom stereocenters. The highest BCUT2D eigenvalue weighted by Crippen LogP contribution is 2.35. The van der Waals surface area contributed by atoms with E-state index in [1.165, 1.54) is 6.20 Å². The highest BCUT2D eigenvalue weighted by atomic mass is 32.2. The van der Waals surface area contributed by atoms with Crippen LogP contribution in [0.5, 0.6) is 5.75 Å². The Hall–Kier alpha value is -2.15. The van der Waals surface area contributed by atoms with Gasteiger partial charge in [-0.05, 0) is 19.1 Å². The third-order valence-electron chi connectivity index (χ3n) is 2.81. The summed E-state index contributed by atoms with van der Waals surface area (Å²) in [6, 6.07) is 5.80. The van der Waals surface area contributed by atoms with Gasteiger partial charge in [0.15, 0.2) is 11.6 Å². The minimum Gasteiger partial charge on any atom is -0.494 e. The van der Waals surface area contributed by atoms with Crippen LogP contribution in [0.4, 0.5) is 11.5 Å². The van der Waals surface area contributed by atoms with E-state index in [2.05, 4.69) is 19.6 Å². The normalized spacial score (nSPS) is 11.1. The first kappa shape index (κ1) is 16.2. The Morgan fingerprint density at radius 2 is 2.05 bits per heavy atom. The maximum absolute atomic E-state index is 11.7. The van der Waals surface area contributed by atoms with Crippen molar-refractivity contribution in [1.82, 2.24) is 9.97 Å². The van der Waals surface area contributed by atoms with Gasteiger partial charge in [-0.2, -0.15) is 4.36 Å². The number of methoxy groups -OCH3 is 1. The molecule has 0 spiro atoms. The van der Waals surface area contributed by atoms with Gasteiger partial charge in [-0.3, -0.25) is 4.98 Å². The van der Waals surface area contributed by atoms with E-state index in [0.717, 1.165) is 23.5 Å². The molecule has 6 nitrogen and oxygen atoms in total. The van der Waals surface area contributed by atoms with E-state index >= 15 is 0 Å². The van der Waals surface area contributed by atoms with Gasteiger partial charge in [0.1, 0.15) is 0 Å². The number of anilines is 1. The van der Waals surface area contributed by atoms with Gasteiger partial charge in [-0.1, -0.05) is 6.07 Å². The van der Waals surface area contributed by atoms with Crippen LogP contribution in [0.1, 0.15) is 6.92 Å². The molecule has 0 radical (unpaired) electrons. The number of benzene rings is 1. The minimum atomic E-state index is -2.24. The Bertz CT molecular complexity index is 758. The summed E-state index contributed by atoms with van der Waals surface area (Å²) < 4.78 is 21.2. The Balaban J connectivity index is 2.44. The maximum atomic E-state index is 11.7. The van der Waals surface area contributed by atoms with Crippen molar-refractivity contribution < 1.29 is 8.95 Å². The summed E-state index contributed by atoms with van der Waals surface area (Å²) in [6.45, 7) is 2.82. The lowest BCUT2D eigenvalue weighted by Crippen LogP contribution is -2.01. The van der Waals surface area contributed by atoms with Gasteiger partial charge in [-0.25, -0.2) is 9.19 Å². The second-order valence-electron chi connectivity index (χ2n) is 4.95. The number of ether oxygens (including phenoxy) is 1. The molecule has 2 rings (SSSR count). The lowest BCUT2D eigenvalue weighted by molar-refractivity contribution is 0.418. The summed E-state index contributed by atoms with van der Waals surface area (Å²) in [5.41, 5.74) is 2.42. The second-order valence-corrected chi connectivity index (χ2v) is 7.49. The summed E-state index contributed by atoms with van der Waals surface area (Å²) >= 11 is 0. The number of rotatable bonds is 5. The van der Waals surface area contributed by atoms with Crippen LogP contribution in [-0.4, -0.2) is 40.3 Å². The number of nitrogens with zero attached hydrogens (tertiary/aromatic N) is 3. The fourth-order valence-electron chi connectivity index (χ4n) is 2.02. The molecule has 0 unspecified atom stereocenters. The van der Waals surface area contributed by atoms with Crippen LogP contribution < -0.4 is 10.1 Å². The van der Waals surface area contributed by atoms with Crippen molar-refractivity contribution in [2.24, 2.45) is 4.36 Å². The fraction of sp³-hybridized carbons (Fsp3) is 0.333. The highest BCUT2D eigenvalue weighted by molar-refractivity contribution is 7.92. The minimum absolute atomic E-state index is 0.362. The summed E-state index contributed by atoms with van der Waals surface area (Å²) in [5.74, 6) is 1.08. The fourth-order valence-corrected chi connectivity index (χ4v) is 2.57. The maximum Gasteiger partial charge on any atom is 0.180 e. The van der Waals surface area contributed by atoms with E-state index in [1.807, 2.05) is 25.1 Å². The van der Waals surface area contributed by atoms with Crippen LogP contribution >= 0.6 is 0 Å². The molecule has 0 aliphatic carbocycles. The largest absolute Gasteiger partial charge is 0.494 e. The Morgan fingerprint density at radius 1 is 1.27 bits per heavy atom. The van der Waals surface area contributed by atoms with Gasteiger partial charge in [-0.15, -0.1) is 0 Å². The zero-order valence-corrected chi connectivity index (χ0v) is 14.0. The van der Waals surface area contributed by atoms with Crippen molar-refractivity contribution in [2.75, 3.05) is 31.5 Å². The van der Waals surface area contributed by atoms with E-state index in [9.17, 15) is 4.21 Å². The van der Waals surface area contributed by atoms with E-state index in [4.69, 9.17) is 4.74 Å². The molecule has 2 aromatic rings. The summed E-state index contributed by atoms with van der Waals surface area (Å²) in [6.07, 6.45) is 6.25. The number of aromatic nitrogens is 2. The molecule has 118 valence electrons. The van der Waals surface area contributed by atoms with Crippen LogP contribution in [-0.2, 0) is 9.73 Å². The molecule has 1 aromatic carbocycles. The molecule has 0 aliphatic heterocycles. The molecule has 0 fully saturated rings. The first-order chi connectivity index (χ1) is 10.4. The third-order valence-corrected chi connectivity index (χ3v) is 3.44. The van der Waals surface area contributed by atoms with Gasteiger partial charge >= 0.3 is 0 Å². The SMILES string of the molecule is CCNc1cccc(-c2cnc(N=S(C)(C)=O)cn2)c1OC. The lowest BCUT2D eigenvalue weighted by Gasteiger charge is -2.13. The van der Waals surface area contributed by atoms with Crippen LogP contribution in [0, 0.1) is 0 Å². The van der Waals surface area contributed by atoms with Crippen molar-refractivity contribution in [3.05, 3.63) is 30.6 Å².